The van der Waals surface area contributed by atoms with E-state index >= 15 is 0 Å². The summed E-state index contributed by atoms with van der Waals surface area (Å²) in [4.78, 5) is 0. The van der Waals surface area contributed by atoms with Crippen LogP contribution in [-0.4, -0.2) is 0 Å². The Morgan fingerprint density at radius 3 is 2.17 bits per heavy atom. The van der Waals surface area contributed by atoms with Crippen molar-refractivity contribution < 1.29 is 0 Å². The van der Waals surface area contributed by atoms with Gasteiger partial charge in [0.05, 0.1) is 12.0 Å². The van der Waals surface area contributed by atoms with Crippen molar-refractivity contribution in [2.75, 3.05) is 0 Å². The van der Waals surface area contributed by atoms with Crippen molar-refractivity contribution in [1.82, 2.24) is 0 Å². The maximum absolute atomic E-state index is 9.20. The van der Waals surface area contributed by atoms with Gasteiger partial charge in [-0.3, -0.25) is 0 Å². The van der Waals surface area contributed by atoms with Gasteiger partial charge in [-0.15, -0.1) is 0 Å². The Bertz CT molecular complexity index is 336. The van der Waals surface area contributed by atoms with Crippen molar-refractivity contribution in [2.24, 2.45) is 0 Å². The van der Waals surface area contributed by atoms with Crippen LogP contribution in [-0.2, 0) is 0 Å². The minimum atomic E-state index is 0.0850. The van der Waals surface area contributed by atoms with E-state index in [1.807, 2.05) is 18.2 Å². The summed E-state index contributed by atoms with van der Waals surface area (Å²) in [5.74, 6) is 0.0850. The highest BCUT2D eigenvalue weighted by atomic mass is 14.3. The van der Waals surface area contributed by atoms with E-state index in [1.54, 1.807) is 0 Å². The largest absolute Gasteiger partial charge is 0.198 e. The Kier molecular flexibility index (Phi) is 7.97. The molecule has 0 fully saturated rings. The second kappa shape index (κ2) is 9.71. The zero-order valence-electron chi connectivity index (χ0n) is 11.6. The maximum Gasteiger partial charge on any atom is 0.0712 e. The minimum absolute atomic E-state index is 0.0850. The Morgan fingerprint density at radius 1 is 0.944 bits per heavy atom. The van der Waals surface area contributed by atoms with Gasteiger partial charge < -0.3 is 0 Å². The standard InChI is InChI=1S/C17H25N/c1-2-3-4-5-6-7-9-14-17(15-18)16-12-10-8-11-13-16/h8,10-13,17H,2-7,9,14H2,1H3. The number of hydrogen-bond donors (Lipinski definition) is 0. The van der Waals surface area contributed by atoms with E-state index in [4.69, 9.17) is 0 Å². The molecule has 1 unspecified atom stereocenters. The van der Waals surface area contributed by atoms with Crippen LogP contribution in [0, 0.1) is 11.3 Å². The molecule has 0 saturated carbocycles. The van der Waals surface area contributed by atoms with Crippen LogP contribution in [0.15, 0.2) is 30.3 Å². The highest BCUT2D eigenvalue weighted by Crippen LogP contribution is 2.21. The lowest BCUT2D eigenvalue weighted by Crippen LogP contribution is -1.95. The van der Waals surface area contributed by atoms with Crippen molar-refractivity contribution in [3.05, 3.63) is 35.9 Å². The van der Waals surface area contributed by atoms with Gasteiger partial charge in [0.1, 0.15) is 0 Å². The number of nitriles is 1. The third-order valence-electron chi connectivity index (χ3n) is 3.45. The van der Waals surface area contributed by atoms with Gasteiger partial charge in [-0.25, -0.2) is 0 Å². The molecule has 1 aromatic carbocycles. The molecule has 0 saturated heterocycles. The molecule has 0 N–H and O–H groups in total. The monoisotopic (exact) mass is 243 g/mol. The van der Waals surface area contributed by atoms with E-state index < -0.39 is 0 Å². The first-order valence-corrected chi connectivity index (χ1v) is 7.33. The predicted octanol–water partition coefficient (Wildman–Crippen LogP) is 5.43. The zero-order valence-corrected chi connectivity index (χ0v) is 11.6. The molecule has 98 valence electrons. The molecule has 0 aliphatic carbocycles. The first-order chi connectivity index (χ1) is 8.88. The van der Waals surface area contributed by atoms with Crippen LogP contribution in [0.5, 0.6) is 0 Å². The van der Waals surface area contributed by atoms with Crippen LogP contribution in [0.2, 0.25) is 0 Å². The lowest BCUT2D eigenvalue weighted by molar-refractivity contribution is 0.564. The number of hydrogen-bond acceptors (Lipinski definition) is 1. The molecule has 1 heteroatoms. The highest BCUT2D eigenvalue weighted by molar-refractivity contribution is 5.24. The summed E-state index contributed by atoms with van der Waals surface area (Å²) in [5.41, 5.74) is 1.17. The quantitative estimate of drug-likeness (QED) is 0.530. The first kappa shape index (κ1) is 14.8. The molecule has 0 radical (unpaired) electrons. The molecule has 0 heterocycles. The van der Waals surface area contributed by atoms with Crippen LogP contribution < -0.4 is 0 Å². The van der Waals surface area contributed by atoms with Crippen molar-refractivity contribution in [2.45, 2.75) is 64.2 Å². The maximum atomic E-state index is 9.20. The molecular weight excluding hydrogens is 218 g/mol. The van der Waals surface area contributed by atoms with E-state index in [2.05, 4.69) is 25.1 Å². The van der Waals surface area contributed by atoms with Crippen LogP contribution in [0.4, 0.5) is 0 Å². The molecule has 0 aliphatic rings. The summed E-state index contributed by atoms with van der Waals surface area (Å²) in [5, 5.41) is 9.20. The van der Waals surface area contributed by atoms with Crippen LogP contribution in [0.25, 0.3) is 0 Å². The second-order valence-electron chi connectivity index (χ2n) is 5.00. The molecule has 1 aromatic rings. The average Bonchev–Trinajstić information content (AvgIpc) is 2.43. The first-order valence-electron chi connectivity index (χ1n) is 7.33. The highest BCUT2D eigenvalue weighted by Gasteiger charge is 2.08. The van der Waals surface area contributed by atoms with Crippen molar-refractivity contribution in [3.8, 4) is 6.07 Å². The molecule has 0 aromatic heterocycles. The molecule has 1 rings (SSSR count). The number of unbranched alkanes of at least 4 members (excludes halogenated alkanes) is 6. The summed E-state index contributed by atoms with van der Waals surface area (Å²) >= 11 is 0. The predicted molar refractivity (Wildman–Crippen MR) is 77.4 cm³/mol. The van der Waals surface area contributed by atoms with E-state index in [-0.39, 0.29) is 5.92 Å². The summed E-state index contributed by atoms with van der Waals surface area (Å²) in [7, 11) is 0. The van der Waals surface area contributed by atoms with E-state index in [0.29, 0.717) is 0 Å². The molecule has 1 nitrogen and oxygen atoms in total. The van der Waals surface area contributed by atoms with Crippen LogP contribution in [0.3, 0.4) is 0 Å². The van der Waals surface area contributed by atoms with Gasteiger partial charge in [0.2, 0.25) is 0 Å². The number of nitrogens with zero attached hydrogens (tertiary/aromatic N) is 1. The lowest BCUT2D eigenvalue weighted by Gasteiger charge is -2.08. The number of benzene rings is 1. The fourth-order valence-corrected chi connectivity index (χ4v) is 2.30. The summed E-state index contributed by atoms with van der Waals surface area (Å²) in [6.07, 6.45) is 10.2. The third kappa shape index (κ3) is 5.87. The fraction of sp³-hybridized carbons (Fsp3) is 0.588. The molecule has 0 aliphatic heterocycles. The molecule has 0 bridgehead atoms. The van der Waals surface area contributed by atoms with Gasteiger partial charge in [0.15, 0.2) is 0 Å². The van der Waals surface area contributed by atoms with Crippen molar-refractivity contribution in [1.29, 1.82) is 5.26 Å². The van der Waals surface area contributed by atoms with Gasteiger partial charge >= 0.3 is 0 Å². The SMILES string of the molecule is CCCCCCCCCC(C#N)c1ccccc1. The van der Waals surface area contributed by atoms with Crippen LogP contribution in [0.1, 0.15) is 69.8 Å². The van der Waals surface area contributed by atoms with Crippen molar-refractivity contribution >= 4 is 0 Å². The van der Waals surface area contributed by atoms with Gasteiger partial charge in [-0.1, -0.05) is 82.2 Å². The molecule has 1 atom stereocenters. The number of rotatable bonds is 9. The Balaban J connectivity index is 2.16. The van der Waals surface area contributed by atoms with Gasteiger partial charge in [-0.2, -0.15) is 5.26 Å². The molecular formula is C17H25N. The summed E-state index contributed by atoms with van der Waals surface area (Å²) < 4.78 is 0. The fourth-order valence-electron chi connectivity index (χ4n) is 2.30. The summed E-state index contributed by atoms with van der Waals surface area (Å²) in [6.45, 7) is 2.25. The van der Waals surface area contributed by atoms with Crippen molar-refractivity contribution in [3.63, 3.8) is 0 Å². The zero-order chi connectivity index (χ0) is 13.1. The topological polar surface area (TPSA) is 23.8 Å². The Labute approximate surface area is 112 Å². The molecule has 0 amide bonds. The van der Waals surface area contributed by atoms with E-state index in [0.717, 1.165) is 6.42 Å². The van der Waals surface area contributed by atoms with Gasteiger partial charge in [-0.05, 0) is 12.0 Å². The normalized spacial score (nSPS) is 12.0. The minimum Gasteiger partial charge on any atom is -0.198 e. The lowest BCUT2D eigenvalue weighted by atomic mass is 9.94. The van der Waals surface area contributed by atoms with E-state index in [1.165, 1.54) is 50.5 Å². The Hall–Kier alpha value is -1.29. The third-order valence-corrected chi connectivity index (χ3v) is 3.45. The average molecular weight is 243 g/mol. The van der Waals surface area contributed by atoms with Crippen LogP contribution >= 0.6 is 0 Å². The smallest absolute Gasteiger partial charge is 0.0712 e. The molecule has 0 spiro atoms. The molecule has 18 heavy (non-hydrogen) atoms. The van der Waals surface area contributed by atoms with E-state index in [9.17, 15) is 5.26 Å². The second-order valence-corrected chi connectivity index (χ2v) is 5.00. The van der Waals surface area contributed by atoms with Gasteiger partial charge in [0.25, 0.3) is 0 Å². The summed E-state index contributed by atoms with van der Waals surface area (Å²) in [6, 6.07) is 12.6. The van der Waals surface area contributed by atoms with Gasteiger partial charge in [0, 0.05) is 0 Å². The Morgan fingerprint density at radius 2 is 1.56 bits per heavy atom.